The average Bonchev–Trinajstić information content (AvgIpc) is 3.28. The molecule has 0 fully saturated rings. The number of imidazole rings is 1. The van der Waals surface area contributed by atoms with Crippen molar-refractivity contribution in [2.45, 2.75) is 26.7 Å². The molecule has 3 heteroatoms. The molecular formula is C28H23N3. The highest BCUT2D eigenvalue weighted by Crippen LogP contribution is 2.35. The molecule has 0 spiro atoms. The zero-order valence-electron chi connectivity index (χ0n) is 17.8. The third-order valence-corrected chi connectivity index (χ3v) is 6.43. The van der Waals surface area contributed by atoms with E-state index in [1.165, 1.54) is 43.8 Å². The van der Waals surface area contributed by atoms with E-state index in [1.807, 2.05) is 12.4 Å². The van der Waals surface area contributed by atoms with Gasteiger partial charge in [0.25, 0.3) is 0 Å². The van der Waals surface area contributed by atoms with E-state index in [0.29, 0.717) is 0 Å². The van der Waals surface area contributed by atoms with Gasteiger partial charge in [-0.25, -0.2) is 4.98 Å². The summed E-state index contributed by atoms with van der Waals surface area (Å²) in [6, 6.07) is 21.8. The molecule has 3 aromatic carbocycles. The van der Waals surface area contributed by atoms with Crippen LogP contribution in [-0.4, -0.2) is 14.4 Å². The first-order valence-electron chi connectivity index (χ1n) is 11.0. The Bertz CT molecular complexity index is 1590. The Hall–Kier alpha value is -3.72. The van der Waals surface area contributed by atoms with Gasteiger partial charge in [-0.15, -0.1) is 0 Å². The van der Waals surface area contributed by atoms with E-state index in [1.54, 1.807) is 0 Å². The molecule has 0 aliphatic carbocycles. The molecule has 0 bridgehead atoms. The van der Waals surface area contributed by atoms with Crippen LogP contribution < -0.4 is 0 Å². The molecule has 31 heavy (non-hydrogen) atoms. The largest absolute Gasteiger partial charge is 0.298 e. The summed E-state index contributed by atoms with van der Waals surface area (Å²) in [7, 11) is 0. The van der Waals surface area contributed by atoms with Crippen LogP contribution in [0.15, 0.2) is 79.3 Å². The molecule has 0 amide bonds. The number of nitrogens with zero attached hydrogens (tertiary/aromatic N) is 3. The molecule has 3 nitrogen and oxygen atoms in total. The van der Waals surface area contributed by atoms with Crippen LogP contribution in [0.2, 0.25) is 0 Å². The molecule has 3 aromatic heterocycles. The molecule has 3 heterocycles. The first kappa shape index (κ1) is 18.1. The Morgan fingerprint density at radius 1 is 0.774 bits per heavy atom. The quantitative estimate of drug-likeness (QED) is 0.236. The van der Waals surface area contributed by atoms with E-state index in [0.717, 1.165) is 29.6 Å². The van der Waals surface area contributed by atoms with E-state index < -0.39 is 0 Å². The number of pyridine rings is 2. The van der Waals surface area contributed by atoms with Gasteiger partial charge in [0.15, 0.2) is 0 Å². The van der Waals surface area contributed by atoms with E-state index in [-0.39, 0.29) is 0 Å². The van der Waals surface area contributed by atoms with E-state index in [9.17, 15) is 0 Å². The number of hydrogen-bond acceptors (Lipinski definition) is 2. The Morgan fingerprint density at radius 2 is 1.55 bits per heavy atom. The molecule has 0 N–H and O–H groups in total. The van der Waals surface area contributed by atoms with Gasteiger partial charge in [-0.3, -0.25) is 9.38 Å². The summed E-state index contributed by atoms with van der Waals surface area (Å²) < 4.78 is 2.28. The minimum absolute atomic E-state index is 0.996. The number of aryl methyl sites for hydroxylation is 2. The van der Waals surface area contributed by atoms with Crippen LogP contribution in [0.4, 0.5) is 0 Å². The lowest BCUT2D eigenvalue weighted by Crippen LogP contribution is -1.94. The fraction of sp³-hybridized carbons (Fsp3) is 0.143. The van der Waals surface area contributed by atoms with E-state index in [2.05, 4.69) is 90.1 Å². The number of benzene rings is 3. The highest BCUT2D eigenvalue weighted by atomic mass is 15.0. The van der Waals surface area contributed by atoms with Crippen molar-refractivity contribution in [3.63, 3.8) is 0 Å². The van der Waals surface area contributed by atoms with Crippen LogP contribution in [0.25, 0.3) is 49.4 Å². The third-order valence-electron chi connectivity index (χ3n) is 6.43. The Labute approximate surface area is 181 Å². The van der Waals surface area contributed by atoms with Crippen molar-refractivity contribution in [1.82, 2.24) is 14.4 Å². The third kappa shape index (κ3) is 2.66. The van der Waals surface area contributed by atoms with E-state index >= 15 is 0 Å². The summed E-state index contributed by atoms with van der Waals surface area (Å²) in [6.45, 7) is 4.44. The molecule has 0 aliphatic rings. The SMILES string of the molecule is CCc1cccc(CC)c1-c1cn2c3cc4ccncc4cc3c3ccccc3c2n1. The molecule has 6 aromatic rings. The van der Waals surface area contributed by atoms with Crippen molar-refractivity contribution >= 4 is 38.1 Å². The van der Waals surface area contributed by atoms with Crippen LogP contribution in [-0.2, 0) is 12.8 Å². The molecule has 6 rings (SSSR count). The van der Waals surface area contributed by atoms with Crippen LogP contribution in [0.3, 0.4) is 0 Å². The standard InChI is InChI=1S/C28H23N3/c1-3-18-8-7-9-19(4-2)27(18)25-17-31-26-15-20-12-13-29-16-21(20)14-24(26)22-10-5-6-11-23(22)28(31)30-25/h5-17H,3-4H2,1-2H3. The lowest BCUT2D eigenvalue weighted by molar-refractivity contribution is 1.09. The van der Waals surface area contributed by atoms with Gasteiger partial charge < -0.3 is 0 Å². The van der Waals surface area contributed by atoms with Crippen LogP contribution >= 0.6 is 0 Å². The van der Waals surface area contributed by atoms with Crippen molar-refractivity contribution in [2.24, 2.45) is 0 Å². The van der Waals surface area contributed by atoms with Gasteiger partial charge in [0.2, 0.25) is 0 Å². The molecule has 0 saturated heterocycles. The summed E-state index contributed by atoms with van der Waals surface area (Å²) in [5.74, 6) is 0. The maximum atomic E-state index is 5.21. The zero-order chi connectivity index (χ0) is 20.9. The van der Waals surface area contributed by atoms with Crippen molar-refractivity contribution in [2.75, 3.05) is 0 Å². The second kappa shape index (κ2) is 6.92. The van der Waals surface area contributed by atoms with Gasteiger partial charge >= 0.3 is 0 Å². The average molecular weight is 402 g/mol. The van der Waals surface area contributed by atoms with Crippen molar-refractivity contribution in [3.8, 4) is 11.3 Å². The highest BCUT2D eigenvalue weighted by molar-refractivity contribution is 6.15. The Balaban J connectivity index is 1.79. The molecular weight excluding hydrogens is 378 g/mol. The number of rotatable bonds is 3. The van der Waals surface area contributed by atoms with Gasteiger partial charge in [0, 0.05) is 40.3 Å². The number of fused-ring (bicyclic) bond motifs is 7. The summed E-state index contributed by atoms with van der Waals surface area (Å²) in [5, 5.41) is 5.98. The number of hydrogen-bond donors (Lipinski definition) is 0. The second-order valence-corrected chi connectivity index (χ2v) is 8.12. The minimum atomic E-state index is 0.996. The first-order chi connectivity index (χ1) is 15.3. The molecule has 0 atom stereocenters. The molecule has 0 unspecified atom stereocenters. The molecule has 0 radical (unpaired) electrons. The van der Waals surface area contributed by atoms with Gasteiger partial charge in [-0.2, -0.15) is 0 Å². The zero-order valence-corrected chi connectivity index (χ0v) is 17.8. The van der Waals surface area contributed by atoms with Crippen LogP contribution in [0.1, 0.15) is 25.0 Å². The lowest BCUT2D eigenvalue weighted by Gasteiger charge is -2.10. The smallest absolute Gasteiger partial charge is 0.145 e. The van der Waals surface area contributed by atoms with E-state index in [4.69, 9.17) is 4.98 Å². The Morgan fingerprint density at radius 3 is 2.32 bits per heavy atom. The predicted molar refractivity (Wildman–Crippen MR) is 130 cm³/mol. The first-order valence-corrected chi connectivity index (χ1v) is 11.0. The maximum absolute atomic E-state index is 5.21. The second-order valence-electron chi connectivity index (χ2n) is 8.12. The lowest BCUT2D eigenvalue weighted by atomic mass is 9.95. The summed E-state index contributed by atoms with van der Waals surface area (Å²) in [4.78, 5) is 9.53. The normalized spacial score (nSPS) is 11.8. The fourth-order valence-corrected chi connectivity index (χ4v) is 4.90. The molecule has 0 aliphatic heterocycles. The summed E-state index contributed by atoms with van der Waals surface area (Å²) >= 11 is 0. The van der Waals surface area contributed by atoms with Gasteiger partial charge in [0.1, 0.15) is 5.65 Å². The molecule has 150 valence electrons. The summed E-state index contributed by atoms with van der Waals surface area (Å²) in [6.07, 6.45) is 8.02. The minimum Gasteiger partial charge on any atom is -0.298 e. The topological polar surface area (TPSA) is 30.2 Å². The van der Waals surface area contributed by atoms with Crippen LogP contribution in [0.5, 0.6) is 0 Å². The summed E-state index contributed by atoms with van der Waals surface area (Å²) in [5.41, 5.74) is 7.25. The maximum Gasteiger partial charge on any atom is 0.145 e. The molecule has 0 saturated carbocycles. The fourth-order valence-electron chi connectivity index (χ4n) is 4.90. The van der Waals surface area contributed by atoms with Crippen molar-refractivity contribution in [3.05, 3.63) is 90.4 Å². The van der Waals surface area contributed by atoms with Gasteiger partial charge in [-0.05, 0) is 52.9 Å². The highest BCUT2D eigenvalue weighted by Gasteiger charge is 2.16. The van der Waals surface area contributed by atoms with Gasteiger partial charge in [-0.1, -0.05) is 56.3 Å². The predicted octanol–water partition coefficient (Wildman–Crippen LogP) is 6.98. The van der Waals surface area contributed by atoms with Crippen LogP contribution in [0, 0.1) is 0 Å². The van der Waals surface area contributed by atoms with Crippen molar-refractivity contribution in [1.29, 1.82) is 0 Å². The monoisotopic (exact) mass is 401 g/mol. The van der Waals surface area contributed by atoms with Crippen molar-refractivity contribution < 1.29 is 0 Å². The Kier molecular flexibility index (Phi) is 4.03. The van der Waals surface area contributed by atoms with Gasteiger partial charge in [0.05, 0.1) is 11.2 Å². The number of aromatic nitrogens is 3.